The van der Waals surface area contributed by atoms with Crippen LogP contribution in [0.3, 0.4) is 0 Å². The summed E-state index contributed by atoms with van der Waals surface area (Å²) in [5.41, 5.74) is 3.14. The van der Waals surface area contributed by atoms with Gasteiger partial charge in [-0.1, -0.05) is 30.3 Å². The summed E-state index contributed by atoms with van der Waals surface area (Å²) in [7, 11) is 0. The van der Waals surface area contributed by atoms with Crippen LogP contribution < -0.4 is 0 Å². The summed E-state index contributed by atoms with van der Waals surface area (Å²) in [5, 5.41) is 9.85. The van der Waals surface area contributed by atoms with Crippen molar-refractivity contribution >= 4 is 0 Å². The Morgan fingerprint density at radius 1 is 1.20 bits per heavy atom. The van der Waals surface area contributed by atoms with Gasteiger partial charge in [-0.15, -0.1) is 0 Å². The maximum atomic E-state index is 9.85. The minimum atomic E-state index is -0.603. The van der Waals surface area contributed by atoms with E-state index in [1.807, 2.05) is 26.1 Å². The van der Waals surface area contributed by atoms with E-state index in [4.69, 9.17) is 4.74 Å². The number of aryl methyl sites for hydroxylation is 1. The average molecular weight is 340 g/mol. The zero-order chi connectivity index (χ0) is 17.7. The largest absolute Gasteiger partial charge is 0.390 e. The summed E-state index contributed by atoms with van der Waals surface area (Å²) < 4.78 is 5.91. The quantitative estimate of drug-likeness (QED) is 0.876. The Bertz CT molecular complexity index is 650. The molecule has 4 heteroatoms. The topological polar surface area (TPSA) is 45.6 Å². The Labute approximate surface area is 150 Å². The minimum absolute atomic E-state index is 0.105. The maximum Gasteiger partial charge on any atom is 0.0967 e. The smallest absolute Gasteiger partial charge is 0.0967 e. The second kappa shape index (κ2) is 8.09. The van der Waals surface area contributed by atoms with Gasteiger partial charge in [0.1, 0.15) is 0 Å². The molecule has 1 aromatic heterocycles. The number of morpholine rings is 1. The number of hydrogen-bond donors (Lipinski definition) is 1. The van der Waals surface area contributed by atoms with Gasteiger partial charge < -0.3 is 9.84 Å². The minimum Gasteiger partial charge on any atom is -0.390 e. The van der Waals surface area contributed by atoms with Crippen LogP contribution in [-0.2, 0) is 17.7 Å². The van der Waals surface area contributed by atoms with E-state index in [2.05, 4.69) is 40.2 Å². The Morgan fingerprint density at radius 2 is 1.96 bits per heavy atom. The van der Waals surface area contributed by atoms with Gasteiger partial charge in [0, 0.05) is 37.6 Å². The highest BCUT2D eigenvalue weighted by Crippen LogP contribution is 2.23. The Kier molecular flexibility index (Phi) is 5.84. The van der Waals surface area contributed by atoms with Crippen LogP contribution in [0.2, 0.25) is 0 Å². The van der Waals surface area contributed by atoms with Gasteiger partial charge in [0.05, 0.1) is 18.3 Å². The van der Waals surface area contributed by atoms with Gasteiger partial charge in [0.25, 0.3) is 0 Å². The number of rotatable bonds is 6. The van der Waals surface area contributed by atoms with E-state index in [0.717, 1.165) is 44.6 Å². The number of aromatic nitrogens is 1. The molecule has 0 radical (unpaired) electrons. The van der Waals surface area contributed by atoms with E-state index in [9.17, 15) is 5.11 Å². The van der Waals surface area contributed by atoms with Crippen LogP contribution in [0.25, 0.3) is 0 Å². The monoisotopic (exact) mass is 340 g/mol. The Morgan fingerprint density at radius 3 is 2.64 bits per heavy atom. The fourth-order valence-corrected chi connectivity index (χ4v) is 3.13. The zero-order valence-electron chi connectivity index (χ0n) is 15.2. The molecule has 4 nitrogen and oxygen atoms in total. The molecule has 2 heterocycles. The molecule has 1 N–H and O–H groups in total. The molecular formula is C21H28N2O2. The zero-order valence-corrected chi connectivity index (χ0v) is 15.2. The van der Waals surface area contributed by atoms with Crippen molar-refractivity contribution in [3.8, 4) is 0 Å². The fraction of sp³-hybridized carbons (Fsp3) is 0.476. The standard InChI is InChI=1S/C21H28N2O2/c1-21(2,24)10-9-17-5-7-18(8-6-17)15-23-12-13-25-20(16-23)19-4-3-11-22-14-19/h3-8,11,14,20,24H,9-10,12-13,15-16H2,1-2H3/t20-/m1/s1. The molecule has 1 aliphatic heterocycles. The van der Waals surface area contributed by atoms with Crippen LogP contribution in [-0.4, -0.2) is 40.3 Å². The third kappa shape index (κ3) is 5.63. The van der Waals surface area contributed by atoms with Gasteiger partial charge in [-0.2, -0.15) is 0 Å². The van der Waals surface area contributed by atoms with Crippen molar-refractivity contribution < 1.29 is 9.84 Å². The van der Waals surface area contributed by atoms with E-state index in [-0.39, 0.29) is 6.10 Å². The molecule has 2 aromatic rings. The lowest BCUT2D eigenvalue weighted by Crippen LogP contribution is -2.37. The van der Waals surface area contributed by atoms with Gasteiger partial charge >= 0.3 is 0 Å². The first-order valence-corrected chi connectivity index (χ1v) is 9.04. The number of benzene rings is 1. The van der Waals surface area contributed by atoms with Crippen LogP contribution in [0.15, 0.2) is 48.8 Å². The third-order valence-corrected chi connectivity index (χ3v) is 4.66. The molecule has 1 aliphatic rings. The molecule has 0 spiro atoms. The predicted molar refractivity (Wildman–Crippen MR) is 99.3 cm³/mol. The van der Waals surface area contributed by atoms with E-state index in [0.29, 0.717) is 0 Å². The number of hydrogen-bond acceptors (Lipinski definition) is 4. The maximum absolute atomic E-state index is 9.85. The second-order valence-corrected chi connectivity index (χ2v) is 7.51. The van der Waals surface area contributed by atoms with Crippen molar-refractivity contribution in [1.29, 1.82) is 0 Å². The first-order valence-electron chi connectivity index (χ1n) is 9.04. The second-order valence-electron chi connectivity index (χ2n) is 7.51. The molecule has 1 aromatic carbocycles. The molecular weight excluding hydrogens is 312 g/mol. The highest BCUT2D eigenvalue weighted by molar-refractivity contribution is 5.23. The van der Waals surface area contributed by atoms with Crippen molar-refractivity contribution in [2.24, 2.45) is 0 Å². The molecule has 1 saturated heterocycles. The van der Waals surface area contributed by atoms with Crippen LogP contribution >= 0.6 is 0 Å². The van der Waals surface area contributed by atoms with E-state index in [1.165, 1.54) is 11.1 Å². The number of pyridine rings is 1. The molecule has 1 fully saturated rings. The Balaban J connectivity index is 1.55. The highest BCUT2D eigenvalue weighted by atomic mass is 16.5. The molecule has 3 rings (SSSR count). The summed E-state index contributed by atoms with van der Waals surface area (Å²) in [4.78, 5) is 6.63. The molecule has 0 aliphatic carbocycles. The van der Waals surface area contributed by atoms with E-state index >= 15 is 0 Å². The molecule has 134 valence electrons. The summed E-state index contributed by atoms with van der Waals surface area (Å²) in [6.45, 7) is 7.26. The van der Waals surface area contributed by atoms with Crippen molar-refractivity contribution in [3.63, 3.8) is 0 Å². The summed E-state index contributed by atoms with van der Waals surface area (Å²) in [6.07, 6.45) is 5.48. The van der Waals surface area contributed by atoms with Crippen LogP contribution in [0.1, 0.15) is 43.1 Å². The molecule has 1 atom stereocenters. The third-order valence-electron chi connectivity index (χ3n) is 4.66. The van der Waals surface area contributed by atoms with Crippen LogP contribution in [0.4, 0.5) is 0 Å². The van der Waals surface area contributed by atoms with Crippen LogP contribution in [0, 0.1) is 0 Å². The normalized spacial score (nSPS) is 19.1. The van der Waals surface area contributed by atoms with Gasteiger partial charge in [-0.05, 0) is 43.9 Å². The van der Waals surface area contributed by atoms with E-state index < -0.39 is 5.60 Å². The lowest BCUT2D eigenvalue weighted by atomic mass is 9.98. The lowest BCUT2D eigenvalue weighted by Gasteiger charge is -2.33. The van der Waals surface area contributed by atoms with Crippen molar-refractivity contribution in [2.75, 3.05) is 19.7 Å². The first kappa shape index (κ1) is 18.1. The SMILES string of the molecule is CC(C)(O)CCc1ccc(CN2CCO[C@@H](c3cccnc3)C2)cc1. The predicted octanol–water partition coefficient (Wildman–Crippen LogP) is 3.36. The van der Waals surface area contributed by atoms with Crippen molar-refractivity contribution in [2.45, 2.75) is 44.9 Å². The number of ether oxygens (including phenoxy) is 1. The Hall–Kier alpha value is -1.75. The number of nitrogens with zero attached hydrogens (tertiary/aromatic N) is 2. The highest BCUT2D eigenvalue weighted by Gasteiger charge is 2.22. The molecule has 0 saturated carbocycles. The summed E-state index contributed by atoms with van der Waals surface area (Å²) >= 11 is 0. The molecule has 0 unspecified atom stereocenters. The molecule has 25 heavy (non-hydrogen) atoms. The van der Waals surface area contributed by atoms with Crippen molar-refractivity contribution in [1.82, 2.24) is 9.88 Å². The van der Waals surface area contributed by atoms with Crippen LogP contribution in [0.5, 0.6) is 0 Å². The summed E-state index contributed by atoms with van der Waals surface area (Å²) in [5.74, 6) is 0. The van der Waals surface area contributed by atoms with E-state index in [1.54, 1.807) is 6.20 Å². The van der Waals surface area contributed by atoms with Gasteiger partial charge in [0.2, 0.25) is 0 Å². The van der Waals surface area contributed by atoms with Gasteiger partial charge in [-0.25, -0.2) is 0 Å². The van der Waals surface area contributed by atoms with Gasteiger partial charge in [-0.3, -0.25) is 9.88 Å². The average Bonchev–Trinajstić information content (AvgIpc) is 2.61. The van der Waals surface area contributed by atoms with Crippen molar-refractivity contribution in [3.05, 3.63) is 65.5 Å². The molecule has 0 amide bonds. The van der Waals surface area contributed by atoms with Gasteiger partial charge in [0.15, 0.2) is 0 Å². The number of aliphatic hydroxyl groups is 1. The summed E-state index contributed by atoms with van der Waals surface area (Å²) in [6, 6.07) is 12.8. The molecule has 0 bridgehead atoms. The fourth-order valence-electron chi connectivity index (χ4n) is 3.13. The first-order chi connectivity index (χ1) is 12.0. The lowest BCUT2D eigenvalue weighted by molar-refractivity contribution is -0.0330.